The maximum absolute atomic E-state index is 5.97. The van der Waals surface area contributed by atoms with Gasteiger partial charge in [0.1, 0.15) is 6.61 Å². The highest BCUT2D eigenvalue weighted by Gasteiger charge is 2.33. The van der Waals surface area contributed by atoms with Crippen molar-refractivity contribution in [2.75, 3.05) is 33.9 Å². The first-order chi connectivity index (χ1) is 9.52. The molecule has 114 valence electrons. The minimum atomic E-state index is -0.208. The summed E-state index contributed by atoms with van der Waals surface area (Å²) in [7, 11) is 3.29. The van der Waals surface area contributed by atoms with Crippen LogP contribution in [0.25, 0.3) is 0 Å². The van der Waals surface area contributed by atoms with Gasteiger partial charge in [0, 0.05) is 27.3 Å². The van der Waals surface area contributed by atoms with Gasteiger partial charge in [-0.05, 0) is 13.8 Å². The van der Waals surface area contributed by atoms with E-state index < -0.39 is 0 Å². The number of hydrogen-bond acceptors (Lipinski definition) is 7. The van der Waals surface area contributed by atoms with Gasteiger partial charge in [0.15, 0.2) is 5.82 Å². The van der Waals surface area contributed by atoms with E-state index in [2.05, 4.69) is 28.9 Å². The van der Waals surface area contributed by atoms with E-state index in [1.807, 2.05) is 0 Å². The fourth-order valence-electron chi connectivity index (χ4n) is 2.55. The van der Waals surface area contributed by atoms with Gasteiger partial charge in [-0.3, -0.25) is 4.90 Å². The molecule has 1 aromatic heterocycles. The van der Waals surface area contributed by atoms with Crippen molar-refractivity contribution in [1.82, 2.24) is 15.0 Å². The zero-order valence-electron chi connectivity index (χ0n) is 12.6. The molecule has 1 aromatic rings. The highest BCUT2D eigenvalue weighted by atomic mass is 16.5. The van der Waals surface area contributed by atoms with Crippen molar-refractivity contribution in [3.05, 3.63) is 11.7 Å². The van der Waals surface area contributed by atoms with Crippen molar-refractivity contribution in [3.8, 4) is 0 Å². The summed E-state index contributed by atoms with van der Waals surface area (Å²) in [5.74, 6) is 1.18. The van der Waals surface area contributed by atoms with E-state index in [4.69, 9.17) is 18.7 Å². The second-order valence-corrected chi connectivity index (χ2v) is 5.66. The summed E-state index contributed by atoms with van der Waals surface area (Å²) < 4.78 is 21.2. The van der Waals surface area contributed by atoms with Gasteiger partial charge in [-0.2, -0.15) is 4.98 Å². The number of methoxy groups -OCH3 is 2. The third-order valence-corrected chi connectivity index (χ3v) is 3.05. The van der Waals surface area contributed by atoms with E-state index in [1.54, 1.807) is 14.2 Å². The molecule has 0 aromatic carbocycles. The summed E-state index contributed by atoms with van der Waals surface area (Å²) >= 11 is 0. The lowest BCUT2D eigenvalue weighted by Crippen LogP contribution is -2.53. The molecule has 1 atom stereocenters. The Morgan fingerprint density at radius 2 is 2.15 bits per heavy atom. The monoisotopic (exact) mass is 285 g/mol. The molecule has 2 heterocycles. The Bertz CT molecular complexity index is 422. The molecule has 0 N–H and O–H groups in total. The van der Waals surface area contributed by atoms with E-state index >= 15 is 0 Å². The van der Waals surface area contributed by atoms with Crippen LogP contribution in [0.4, 0.5) is 0 Å². The van der Waals surface area contributed by atoms with Crippen molar-refractivity contribution < 1.29 is 18.7 Å². The number of ether oxygens (including phenoxy) is 3. The fourth-order valence-corrected chi connectivity index (χ4v) is 2.55. The maximum atomic E-state index is 5.97. The lowest BCUT2D eigenvalue weighted by atomic mass is 10.1. The van der Waals surface area contributed by atoms with Crippen molar-refractivity contribution in [2.24, 2.45) is 0 Å². The molecule has 0 bridgehead atoms. The molecule has 7 heteroatoms. The summed E-state index contributed by atoms with van der Waals surface area (Å²) in [6, 6.07) is 0. The van der Waals surface area contributed by atoms with Gasteiger partial charge < -0.3 is 18.7 Å². The molecule has 1 saturated heterocycles. The Morgan fingerprint density at radius 1 is 1.35 bits per heavy atom. The lowest BCUT2D eigenvalue weighted by Gasteiger charge is -2.42. The fraction of sp³-hybridized carbons (Fsp3) is 0.846. The van der Waals surface area contributed by atoms with Gasteiger partial charge in [-0.25, -0.2) is 0 Å². The molecule has 7 nitrogen and oxygen atoms in total. The predicted molar refractivity (Wildman–Crippen MR) is 71.1 cm³/mol. The van der Waals surface area contributed by atoms with Crippen LogP contribution >= 0.6 is 0 Å². The SMILES string of the molecule is COCc1nc(CN2CC(COC)OC(C)(C)C2)no1. The van der Waals surface area contributed by atoms with Crippen LogP contribution in [-0.4, -0.2) is 60.7 Å². The van der Waals surface area contributed by atoms with Crippen molar-refractivity contribution in [2.45, 2.75) is 38.7 Å². The highest BCUT2D eigenvalue weighted by Crippen LogP contribution is 2.22. The molecular weight excluding hydrogens is 262 g/mol. The summed E-state index contributed by atoms with van der Waals surface area (Å²) in [5, 5.41) is 3.97. The molecule has 1 fully saturated rings. The van der Waals surface area contributed by atoms with Crippen LogP contribution in [-0.2, 0) is 27.4 Å². The molecule has 0 saturated carbocycles. The van der Waals surface area contributed by atoms with E-state index in [0.717, 1.165) is 13.1 Å². The number of hydrogen-bond donors (Lipinski definition) is 0. The van der Waals surface area contributed by atoms with Crippen LogP contribution in [0, 0.1) is 0 Å². The van der Waals surface area contributed by atoms with E-state index in [9.17, 15) is 0 Å². The first kappa shape index (κ1) is 15.4. The molecule has 0 aliphatic carbocycles. The third-order valence-electron chi connectivity index (χ3n) is 3.05. The van der Waals surface area contributed by atoms with Crippen LogP contribution in [0.3, 0.4) is 0 Å². The molecule has 20 heavy (non-hydrogen) atoms. The summed E-state index contributed by atoms with van der Waals surface area (Å²) in [6.45, 7) is 7.34. The van der Waals surface area contributed by atoms with Crippen molar-refractivity contribution in [3.63, 3.8) is 0 Å². The van der Waals surface area contributed by atoms with Gasteiger partial charge in [0.25, 0.3) is 5.89 Å². The first-order valence-electron chi connectivity index (χ1n) is 6.72. The lowest BCUT2D eigenvalue weighted by molar-refractivity contribution is -0.154. The molecule has 0 spiro atoms. The highest BCUT2D eigenvalue weighted by molar-refractivity contribution is 4.90. The normalized spacial score (nSPS) is 23.1. The number of nitrogens with zero attached hydrogens (tertiary/aromatic N) is 3. The topological polar surface area (TPSA) is 69.9 Å². The average Bonchev–Trinajstić information content (AvgIpc) is 2.75. The summed E-state index contributed by atoms with van der Waals surface area (Å²) in [6.07, 6.45) is 0.0640. The van der Waals surface area contributed by atoms with Crippen LogP contribution < -0.4 is 0 Å². The Labute approximate surface area is 119 Å². The second-order valence-electron chi connectivity index (χ2n) is 5.66. The predicted octanol–water partition coefficient (Wildman–Crippen LogP) is 0.842. The van der Waals surface area contributed by atoms with Gasteiger partial charge in [-0.15, -0.1) is 0 Å². The molecule has 1 aliphatic heterocycles. The summed E-state index contributed by atoms with van der Waals surface area (Å²) in [4.78, 5) is 6.55. The van der Waals surface area contributed by atoms with Crippen LogP contribution in [0.1, 0.15) is 25.6 Å². The molecule has 1 aliphatic rings. The van der Waals surface area contributed by atoms with Gasteiger partial charge in [0.05, 0.1) is 24.9 Å². The van der Waals surface area contributed by atoms with Crippen molar-refractivity contribution >= 4 is 0 Å². The van der Waals surface area contributed by atoms with E-state index in [1.165, 1.54) is 0 Å². The molecule has 0 amide bonds. The van der Waals surface area contributed by atoms with Gasteiger partial charge >= 0.3 is 0 Å². The van der Waals surface area contributed by atoms with Crippen LogP contribution in [0.15, 0.2) is 4.52 Å². The molecule has 0 radical (unpaired) electrons. The van der Waals surface area contributed by atoms with Gasteiger partial charge in [-0.1, -0.05) is 5.16 Å². The third kappa shape index (κ3) is 4.24. The molecule has 1 unspecified atom stereocenters. The Balaban J connectivity index is 1.96. The minimum Gasteiger partial charge on any atom is -0.382 e. The second kappa shape index (κ2) is 6.62. The van der Waals surface area contributed by atoms with E-state index in [0.29, 0.717) is 31.5 Å². The van der Waals surface area contributed by atoms with Crippen LogP contribution in [0.5, 0.6) is 0 Å². The van der Waals surface area contributed by atoms with Crippen LogP contribution in [0.2, 0.25) is 0 Å². The maximum Gasteiger partial charge on any atom is 0.252 e. The smallest absolute Gasteiger partial charge is 0.252 e. The van der Waals surface area contributed by atoms with E-state index in [-0.39, 0.29) is 11.7 Å². The quantitative estimate of drug-likeness (QED) is 0.767. The zero-order valence-corrected chi connectivity index (χ0v) is 12.6. The Morgan fingerprint density at radius 3 is 2.85 bits per heavy atom. The zero-order chi connectivity index (χ0) is 14.6. The molecular formula is C13H23N3O4. The Hall–Kier alpha value is -1.02. The Kier molecular flexibility index (Phi) is 5.09. The molecule has 2 rings (SSSR count). The summed E-state index contributed by atoms with van der Waals surface area (Å²) in [5.41, 5.74) is -0.208. The van der Waals surface area contributed by atoms with Gasteiger partial charge in [0.2, 0.25) is 0 Å². The average molecular weight is 285 g/mol. The number of rotatable bonds is 6. The van der Waals surface area contributed by atoms with Crippen molar-refractivity contribution in [1.29, 1.82) is 0 Å². The number of aromatic nitrogens is 2. The largest absolute Gasteiger partial charge is 0.382 e. The number of morpholine rings is 1. The standard InChI is InChI=1S/C13H23N3O4/c1-13(2)9-16(5-10(19-13)7-17-3)6-11-14-12(8-18-4)20-15-11/h10H,5-9H2,1-4H3. The minimum absolute atomic E-state index is 0.0640. The first-order valence-corrected chi connectivity index (χ1v) is 6.72.